The van der Waals surface area contributed by atoms with Crippen LogP contribution in [0.15, 0.2) is 93.5 Å². The molecule has 0 atom stereocenters. The molecule has 0 aliphatic rings. The molecule has 0 amide bonds. The van der Waals surface area contributed by atoms with E-state index < -0.39 is 30.4 Å². The molecule has 0 aromatic heterocycles. The van der Waals surface area contributed by atoms with Crippen LogP contribution in [0.2, 0.25) is 0 Å². The van der Waals surface area contributed by atoms with Gasteiger partial charge in [-0.1, -0.05) is 53.6 Å². The van der Waals surface area contributed by atoms with Crippen molar-refractivity contribution >= 4 is 30.4 Å². The number of hydrogen-bond acceptors (Lipinski definition) is 6. The van der Waals surface area contributed by atoms with Crippen molar-refractivity contribution in [3.05, 3.63) is 90.0 Å². The predicted molar refractivity (Wildman–Crippen MR) is 118 cm³/mol. The highest BCUT2D eigenvalue weighted by molar-refractivity contribution is 7.86. The third-order valence-electron chi connectivity index (χ3n) is 3.68. The maximum Gasteiger partial charge on any atom is 0.294 e. The number of hydrogen-bond donors (Lipinski definition) is 3. The number of aryl methyl sites for hydroxylation is 2. The van der Waals surface area contributed by atoms with E-state index in [9.17, 15) is 25.3 Å². The quantitative estimate of drug-likeness (QED) is 0.455. The zero-order valence-corrected chi connectivity index (χ0v) is 19.5. The van der Waals surface area contributed by atoms with E-state index in [1.807, 2.05) is 13.8 Å². The molecule has 0 aliphatic carbocycles. The molecule has 3 aromatic rings. The molecular weight excluding hydrogens is 480 g/mol. The zero-order valence-electron chi connectivity index (χ0n) is 17.0. The minimum Gasteiger partial charge on any atom is -0.282 e. The van der Waals surface area contributed by atoms with E-state index in [1.54, 1.807) is 42.5 Å². The maximum atomic E-state index is 10.5. The fourth-order valence-electron chi connectivity index (χ4n) is 2.01. The summed E-state index contributed by atoms with van der Waals surface area (Å²) in [5, 5.41) is 0. The minimum atomic E-state index is -4.02. The van der Waals surface area contributed by atoms with Crippen LogP contribution in [0.3, 0.4) is 0 Å². The molecule has 12 heteroatoms. The summed E-state index contributed by atoms with van der Waals surface area (Å²) in [6.45, 7) is 3.68. The van der Waals surface area contributed by atoms with Crippen LogP contribution in [-0.2, 0) is 30.4 Å². The van der Waals surface area contributed by atoms with Gasteiger partial charge in [-0.15, -0.1) is 0 Å². The normalized spacial score (nSPS) is 11.4. The lowest BCUT2D eigenvalue weighted by Gasteiger charge is -1.95. The standard InChI is InChI=1S/2C7H8O3S.C6H6O3S/c2*1-6-2-4-7(5-3-6)11(8,9)10;7-10(8,9)6-4-2-1-3-5-6/h2*2-5H,1H3,(H,8,9,10);1-5H,(H,7,8,9). The fraction of sp³-hybridized carbons (Fsp3) is 0.100. The van der Waals surface area contributed by atoms with Crippen molar-refractivity contribution in [2.24, 2.45) is 0 Å². The summed E-state index contributed by atoms with van der Waals surface area (Å²) in [6, 6.07) is 19.4. The molecule has 0 spiro atoms. The van der Waals surface area contributed by atoms with Crippen LogP contribution in [0, 0.1) is 13.8 Å². The van der Waals surface area contributed by atoms with Crippen molar-refractivity contribution in [2.75, 3.05) is 0 Å². The SMILES string of the molecule is Cc1ccc(S(=O)(=O)O)cc1.Cc1ccc(S(=O)(=O)O)cc1.O=S(=O)(O)c1ccccc1. The van der Waals surface area contributed by atoms with Crippen molar-refractivity contribution < 1.29 is 38.9 Å². The summed E-state index contributed by atoms with van der Waals surface area (Å²) >= 11 is 0. The molecule has 174 valence electrons. The highest BCUT2D eigenvalue weighted by atomic mass is 32.2. The van der Waals surface area contributed by atoms with Crippen molar-refractivity contribution in [2.45, 2.75) is 28.5 Å². The molecule has 3 aromatic carbocycles. The lowest BCUT2D eigenvalue weighted by atomic mass is 10.2. The van der Waals surface area contributed by atoms with Gasteiger partial charge in [-0.05, 0) is 50.2 Å². The third-order valence-corrected chi connectivity index (χ3v) is 6.28. The van der Waals surface area contributed by atoms with E-state index in [0.717, 1.165) is 11.1 Å². The number of rotatable bonds is 3. The molecular formula is C20H22O9S3. The predicted octanol–water partition coefficient (Wildman–Crippen LogP) is 3.42. The molecule has 0 unspecified atom stereocenters. The van der Waals surface area contributed by atoms with Crippen molar-refractivity contribution in [3.63, 3.8) is 0 Å². The lowest BCUT2D eigenvalue weighted by Crippen LogP contribution is -1.96. The van der Waals surface area contributed by atoms with Gasteiger partial charge in [0.2, 0.25) is 0 Å². The summed E-state index contributed by atoms with van der Waals surface area (Å²) in [7, 11) is -12.0. The average molecular weight is 503 g/mol. The van der Waals surface area contributed by atoms with Gasteiger partial charge in [-0.3, -0.25) is 13.7 Å². The zero-order chi connectivity index (χ0) is 24.6. The van der Waals surface area contributed by atoms with Crippen LogP contribution in [0.1, 0.15) is 11.1 Å². The van der Waals surface area contributed by atoms with Crippen molar-refractivity contribution in [3.8, 4) is 0 Å². The van der Waals surface area contributed by atoms with E-state index in [2.05, 4.69) is 0 Å². The molecule has 9 nitrogen and oxygen atoms in total. The Labute approximate surface area is 187 Å². The van der Waals surface area contributed by atoms with E-state index in [1.165, 1.54) is 36.4 Å². The minimum absolute atomic E-state index is 0.0666. The van der Waals surface area contributed by atoms with Gasteiger partial charge in [0.05, 0.1) is 14.7 Å². The molecule has 0 fully saturated rings. The molecule has 0 heterocycles. The first-order chi connectivity index (χ1) is 14.6. The molecule has 0 saturated heterocycles. The summed E-state index contributed by atoms with van der Waals surface area (Å²) in [4.78, 5) is -0.207. The Morgan fingerprint density at radius 1 is 0.438 bits per heavy atom. The van der Waals surface area contributed by atoms with Gasteiger partial charge in [0.25, 0.3) is 30.4 Å². The van der Waals surface area contributed by atoms with Gasteiger partial charge in [0.1, 0.15) is 0 Å². The van der Waals surface area contributed by atoms with Crippen LogP contribution < -0.4 is 0 Å². The van der Waals surface area contributed by atoms with Gasteiger partial charge in [0, 0.05) is 0 Å². The van der Waals surface area contributed by atoms with Crippen molar-refractivity contribution in [1.82, 2.24) is 0 Å². The Bertz CT molecular complexity index is 1240. The van der Waals surface area contributed by atoms with Crippen LogP contribution in [0.25, 0.3) is 0 Å². The molecule has 3 rings (SSSR count). The first kappa shape index (κ1) is 27.4. The van der Waals surface area contributed by atoms with E-state index >= 15 is 0 Å². The second-order valence-corrected chi connectivity index (χ2v) is 10.6. The van der Waals surface area contributed by atoms with Crippen LogP contribution in [-0.4, -0.2) is 38.9 Å². The molecule has 0 bridgehead atoms. The van der Waals surface area contributed by atoms with Crippen LogP contribution in [0.5, 0.6) is 0 Å². The Morgan fingerprint density at radius 3 is 0.906 bits per heavy atom. The fourth-order valence-corrected chi connectivity index (χ4v) is 3.47. The van der Waals surface area contributed by atoms with Gasteiger partial charge < -0.3 is 0 Å². The second kappa shape index (κ2) is 11.3. The first-order valence-corrected chi connectivity index (χ1v) is 13.0. The second-order valence-electron chi connectivity index (χ2n) is 6.36. The molecule has 0 aliphatic heterocycles. The molecule has 3 N–H and O–H groups in total. The maximum absolute atomic E-state index is 10.5. The largest absolute Gasteiger partial charge is 0.294 e. The summed E-state index contributed by atoms with van der Waals surface area (Å²) in [6.07, 6.45) is 0. The van der Waals surface area contributed by atoms with Gasteiger partial charge in [-0.25, -0.2) is 0 Å². The summed E-state index contributed by atoms with van der Waals surface area (Å²) < 4.78 is 88.3. The average Bonchev–Trinajstić information content (AvgIpc) is 2.68. The lowest BCUT2D eigenvalue weighted by molar-refractivity contribution is 0.481. The topological polar surface area (TPSA) is 163 Å². The van der Waals surface area contributed by atoms with Gasteiger partial charge in [0.15, 0.2) is 0 Å². The molecule has 32 heavy (non-hydrogen) atoms. The van der Waals surface area contributed by atoms with Crippen LogP contribution >= 0.6 is 0 Å². The number of benzene rings is 3. The van der Waals surface area contributed by atoms with E-state index in [-0.39, 0.29) is 14.7 Å². The van der Waals surface area contributed by atoms with Gasteiger partial charge >= 0.3 is 0 Å². The molecule has 0 radical (unpaired) electrons. The third kappa shape index (κ3) is 10.1. The highest BCUT2D eigenvalue weighted by Crippen LogP contribution is 2.09. The Morgan fingerprint density at radius 2 is 0.688 bits per heavy atom. The highest BCUT2D eigenvalue weighted by Gasteiger charge is 2.08. The van der Waals surface area contributed by atoms with Crippen molar-refractivity contribution in [1.29, 1.82) is 0 Å². The van der Waals surface area contributed by atoms with E-state index in [0.29, 0.717) is 0 Å². The Balaban J connectivity index is 0.000000240. The monoisotopic (exact) mass is 502 g/mol. The molecule has 0 saturated carbocycles. The smallest absolute Gasteiger partial charge is 0.282 e. The van der Waals surface area contributed by atoms with Gasteiger partial charge in [-0.2, -0.15) is 25.3 Å². The summed E-state index contributed by atoms with van der Waals surface area (Å²) in [5.41, 5.74) is 1.91. The first-order valence-electron chi connectivity index (χ1n) is 8.71. The summed E-state index contributed by atoms with van der Waals surface area (Å²) in [5.74, 6) is 0. The van der Waals surface area contributed by atoms with Crippen LogP contribution in [0.4, 0.5) is 0 Å². The Kier molecular flexibility index (Phi) is 9.70. The Hall–Kier alpha value is -2.61. The van der Waals surface area contributed by atoms with E-state index in [4.69, 9.17) is 13.7 Å².